The van der Waals surface area contributed by atoms with Crippen LogP contribution < -0.4 is 5.32 Å². The minimum Gasteiger partial charge on any atom is -0.389 e. The largest absolute Gasteiger partial charge is 0.389 e. The van der Waals surface area contributed by atoms with E-state index in [1.54, 1.807) is 6.92 Å². The number of hydrogen-bond donors (Lipinski definition) is 2. The lowest BCUT2D eigenvalue weighted by atomic mass is 10.0. The molecule has 2 atom stereocenters. The maximum absolute atomic E-state index is 12.5. The zero-order valence-corrected chi connectivity index (χ0v) is 8.11. The minimum absolute atomic E-state index is 0.182. The topological polar surface area (TPSA) is 32.3 Å². The van der Waals surface area contributed by atoms with Crippen LogP contribution in [-0.4, -0.2) is 29.2 Å². The first-order valence-corrected chi connectivity index (χ1v) is 4.65. The fourth-order valence-electron chi connectivity index (χ4n) is 1.77. The molecule has 0 amide bonds. The van der Waals surface area contributed by atoms with Crippen molar-refractivity contribution in [2.75, 3.05) is 6.54 Å². The van der Waals surface area contributed by atoms with Gasteiger partial charge in [-0.3, -0.25) is 0 Å². The summed E-state index contributed by atoms with van der Waals surface area (Å²) in [6.45, 7) is 2.23. The molecule has 1 aliphatic carbocycles. The van der Waals surface area contributed by atoms with Gasteiger partial charge in [-0.05, 0) is 26.2 Å². The molecule has 1 rings (SSSR count). The van der Waals surface area contributed by atoms with Gasteiger partial charge in [0, 0.05) is 13.0 Å². The molecule has 2 unspecified atom stereocenters. The number of halogens is 2. The van der Waals surface area contributed by atoms with Crippen molar-refractivity contribution < 1.29 is 13.9 Å². The molecular weight excluding hydrogens is 176 g/mol. The second-order valence-electron chi connectivity index (χ2n) is 4.25. The number of alkyl halides is 2. The molecule has 1 saturated carbocycles. The highest BCUT2D eigenvalue weighted by Gasteiger charge is 2.37. The highest BCUT2D eigenvalue weighted by molar-refractivity contribution is 4.94. The molecule has 2 nitrogen and oxygen atoms in total. The molecule has 0 aromatic carbocycles. The van der Waals surface area contributed by atoms with Crippen molar-refractivity contribution in [2.45, 2.75) is 50.7 Å². The lowest BCUT2D eigenvalue weighted by Gasteiger charge is -2.27. The van der Waals surface area contributed by atoms with Gasteiger partial charge in [-0.2, -0.15) is 0 Å². The maximum atomic E-state index is 12.5. The van der Waals surface area contributed by atoms with Crippen LogP contribution in [0.5, 0.6) is 0 Å². The summed E-state index contributed by atoms with van der Waals surface area (Å²) in [6.07, 6.45) is 2.38. The molecule has 0 aliphatic heterocycles. The summed E-state index contributed by atoms with van der Waals surface area (Å²) < 4.78 is 25.0. The average molecular weight is 193 g/mol. The Morgan fingerprint density at radius 1 is 1.62 bits per heavy atom. The first kappa shape index (κ1) is 10.9. The predicted octanol–water partition coefficient (Wildman–Crippen LogP) is 1.53. The van der Waals surface area contributed by atoms with E-state index in [1.807, 2.05) is 0 Å². The summed E-state index contributed by atoms with van der Waals surface area (Å²) in [4.78, 5) is 0. The van der Waals surface area contributed by atoms with Gasteiger partial charge in [-0.15, -0.1) is 0 Å². The van der Waals surface area contributed by atoms with Crippen molar-refractivity contribution in [1.29, 1.82) is 0 Å². The van der Waals surface area contributed by atoms with E-state index >= 15 is 0 Å². The van der Waals surface area contributed by atoms with Gasteiger partial charge in [0.15, 0.2) is 0 Å². The van der Waals surface area contributed by atoms with Gasteiger partial charge >= 0.3 is 0 Å². The molecule has 0 spiro atoms. The first-order valence-electron chi connectivity index (χ1n) is 4.65. The summed E-state index contributed by atoms with van der Waals surface area (Å²) in [5.74, 6) is -2.70. The van der Waals surface area contributed by atoms with Gasteiger partial charge < -0.3 is 10.4 Å². The van der Waals surface area contributed by atoms with E-state index < -0.39 is 11.5 Å². The minimum atomic E-state index is -2.70. The molecule has 1 aliphatic rings. The molecule has 1 fully saturated rings. The van der Waals surface area contributed by atoms with E-state index in [4.69, 9.17) is 0 Å². The Balaban J connectivity index is 2.37. The van der Waals surface area contributed by atoms with E-state index in [9.17, 15) is 13.9 Å². The highest BCUT2D eigenvalue weighted by atomic mass is 19.3. The zero-order valence-electron chi connectivity index (χ0n) is 8.11. The van der Waals surface area contributed by atoms with Crippen LogP contribution in [0.1, 0.15) is 33.1 Å². The molecule has 0 radical (unpaired) electrons. The van der Waals surface area contributed by atoms with Crippen molar-refractivity contribution in [3.05, 3.63) is 0 Å². The highest BCUT2D eigenvalue weighted by Crippen LogP contribution is 2.29. The van der Waals surface area contributed by atoms with Crippen molar-refractivity contribution in [2.24, 2.45) is 0 Å². The van der Waals surface area contributed by atoms with Crippen LogP contribution in [-0.2, 0) is 0 Å². The normalized spacial score (nSPS) is 35.3. The summed E-state index contributed by atoms with van der Waals surface area (Å²) in [5.41, 5.74) is -0.814. The molecule has 0 saturated heterocycles. The summed E-state index contributed by atoms with van der Waals surface area (Å²) >= 11 is 0. The van der Waals surface area contributed by atoms with Gasteiger partial charge in [-0.25, -0.2) is 8.78 Å². The van der Waals surface area contributed by atoms with E-state index in [1.165, 1.54) is 0 Å². The Hall–Kier alpha value is -0.220. The maximum Gasteiger partial charge on any atom is 0.257 e. The quantitative estimate of drug-likeness (QED) is 0.712. The second-order valence-corrected chi connectivity index (χ2v) is 4.25. The Morgan fingerprint density at radius 3 is 2.62 bits per heavy atom. The van der Waals surface area contributed by atoms with Gasteiger partial charge in [0.05, 0.1) is 12.1 Å². The lowest BCUT2D eigenvalue weighted by molar-refractivity contribution is -0.00167. The van der Waals surface area contributed by atoms with E-state index in [0.29, 0.717) is 6.42 Å². The summed E-state index contributed by atoms with van der Waals surface area (Å²) in [6, 6.07) is -0.182. The molecule has 2 N–H and O–H groups in total. The van der Waals surface area contributed by atoms with Crippen LogP contribution in [0.25, 0.3) is 0 Å². The smallest absolute Gasteiger partial charge is 0.257 e. The monoisotopic (exact) mass is 193 g/mol. The van der Waals surface area contributed by atoms with Gasteiger partial charge in [0.1, 0.15) is 0 Å². The van der Waals surface area contributed by atoms with Crippen LogP contribution in [0.2, 0.25) is 0 Å². The van der Waals surface area contributed by atoms with E-state index in [0.717, 1.165) is 19.8 Å². The third-order valence-electron chi connectivity index (χ3n) is 2.59. The van der Waals surface area contributed by atoms with Crippen LogP contribution in [0, 0.1) is 0 Å². The fourth-order valence-corrected chi connectivity index (χ4v) is 1.77. The molecular formula is C9H17F2NO. The fraction of sp³-hybridized carbons (Fsp3) is 1.00. The van der Waals surface area contributed by atoms with Crippen LogP contribution >= 0.6 is 0 Å². The van der Waals surface area contributed by atoms with Gasteiger partial charge in [-0.1, -0.05) is 0 Å². The third kappa shape index (κ3) is 3.19. The average Bonchev–Trinajstić information content (AvgIpc) is 2.23. The number of hydrogen-bond acceptors (Lipinski definition) is 2. The van der Waals surface area contributed by atoms with Crippen molar-refractivity contribution >= 4 is 0 Å². The van der Waals surface area contributed by atoms with Crippen molar-refractivity contribution in [3.8, 4) is 0 Å². The van der Waals surface area contributed by atoms with E-state index in [2.05, 4.69) is 5.32 Å². The molecule has 4 heteroatoms. The Labute approximate surface area is 77.3 Å². The van der Waals surface area contributed by atoms with Gasteiger partial charge in [0.2, 0.25) is 0 Å². The number of rotatable bonds is 3. The third-order valence-corrected chi connectivity index (χ3v) is 2.59. The molecule has 0 aromatic heterocycles. The first-order chi connectivity index (χ1) is 5.81. The number of aliphatic hydroxyl groups is 1. The molecule has 0 bridgehead atoms. The molecule has 0 heterocycles. The van der Waals surface area contributed by atoms with Crippen LogP contribution in [0.4, 0.5) is 8.78 Å². The Kier molecular flexibility index (Phi) is 2.92. The van der Waals surface area contributed by atoms with E-state index in [-0.39, 0.29) is 12.6 Å². The van der Waals surface area contributed by atoms with Crippen LogP contribution in [0.3, 0.4) is 0 Å². The summed E-state index contributed by atoms with van der Waals surface area (Å²) in [5, 5.41) is 12.5. The SMILES string of the molecule is CC(F)(F)CNC1CCCC1(C)O. The van der Waals surface area contributed by atoms with Gasteiger partial charge in [0.25, 0.3) is 5.92 Å². The Bertz CT molecular complexity index is 177. The molecule has 13 heavy (non-hydrogen) atoms. The van der Waals surface area contributed by atoms with Crippen molar-refractivity contribution in [3.63, 3.8) is 0 Å². The number of nitrogens with one attached hydrogen (secondary N) is 1. The standard InChI is InChI=1S/C9H17F2NO/c1-8(13)5-3-4-7(8)12-6-9(2,10)11/h7,12-13H,3-6H2,1-2H3. The molecule has 78 valence electrons. The second kappa shape index (κ2) is 3.50. The zero-order chi connectivity index (χ0) is 10.1. The molecule has 0 aromatic rings. The van der Waals surface area contributed by atoms with Crippen molar-refractivity contribution in [1.82, 2.24) is 5.32 Å². The van der Waals surface area contributed by atoms with Crippen LogP contribution in [0.15, 0.2) is 0 Å². The predicted molar refractivity (Wildman–Crippen MR) is 46.9 cm³/mol. The summed E-state index contributed by atoms with van der Waals surface area (Å²) in [7, 11) is 0. The lowest BCUT2D eigenvalue weighted by Crippen LogP contribution is -2.47. The Morgan fingerprint density at radius 2 is 2.23 bits per heavy atom.